The van der Waals surface area contributed by atoms with Gasteiger partial charge in [-0.2, -0.15) is 0 Å². The van der Waals surface area contributed by atoms with E-state index >= 15 is 0 Å². The van der Waals surface area contributed by atoms with Gasteiger partial charge < -0.3 is 29.6 Å². The predicted octanol–water partition coefficient (Wildman–Crippen LogP) is 1.84. The Bertz CT molecular complexity index is 834. The summed E-state index contributed by atoms with van der Waals surface area (Å²) in [4.78, 5) is 13.2. The maximum absolute atomic E-state index is 13.5. The predicted molar refractivity (Wildman–Crippen MR) is 114 cm³/mol. The summed E-state index contributed by atoms with van der Waals surface area (Å²) in [5, 5.41) is 14.3. The molecule has 156 valence electrons. The number of methoxy groups -OCH3 is 1. The number of nitrogens with one attached hydrogen (secondary N) is 1. The summed E-state index contributed by atoms with van der Waals surface area (Å²) in [5.74, 6) is -0.908. The van der Waals surface area contributed by atoms with Crippen LogP contribution in [-0.4, -0.2) is 68.0 Å². The molecule has 3 rings (SSSR count). The topological polar surface area (TPSA) is 73.9 Å². The third-order valence-corrected chi connectivity index (χ3v) is 4.92. The minimum atomic E-state index is -1.21. The molecule has 6 nitrogen and oxygen atoms in total. The molecule has 1 aliphatic rings. The SMILES string of the molecule is CO[C@@H](Cc1ccc(NCCCN2CC(C)Oc3cc(F)ccc32)cc1)C(=O)[O-].[Mg+2]. The van der Waals surface area contributed by atoms with Gasteiger partial charge in [-0.15, -0.1) is 0 Å². The Balaban J connectivity index is 0.00000320. The van der Waals surface area contributed by atoms with E-state index < -0.39 is 12.1 Å². The first-order chi connectivity index (χ1) is 14.0. The van der Waals surface area contributed by atoms with Crippen molar-refractivity contribution < 1.29 is 23.8 Å². The maximum Gasteiger partial charge on any atom is 2.00 e. The Hall–Kier alpha value is -2.03. The molecule has 1 heterocycles. The molecule has 2 aromatic carbocycles. The van der Waals surface area contributed by atoms with Gasteiger partial charge in [-0.3, -0.25) is 0 Å². The van der Waals surface area contributed by atoms with E-state index in [-0.39, 0.29) is 41.4 Å². The van der Waals surface area contributed by atoms with E-state index in [9.17, 15) is 14.3 Å². The van der Waals surface area contributed by atoms with E-state index in [1.54, 1.807) is 6.07 Å². The van der Waals surface area contributed by atoms with Crippen molar-refractivity contribution in [2.24, 2.45) is 0 Å². The average Bonchev–Trinajstić information content (AvgIpc) is 2.69. The molecule has 8 heteroatoms. The van der Waals surface area contributed by atoms with Gasteiger partial charge in [0, 0.05) is 38.4 Å². The number of hydrogen-bond acceptors (Lipinski definition) is 6. The number of carbonyl (C=O) groups excluding carboxylic acids is 1. The summed E-state index contributed by atoms with van der Waals surface area (Å²) in [5.41, 5.74) is 2.76. The molecule has 0 aliphatic carbocycles. The second-order valence-electron chi connectivity index (χ2n) is 7.21. The fourth-order valence-corrected chi connectivity index (χ4v) is 3.46. The Morgan fingerprint density at radius 3 is 2.73 bits per heavy atom. The fraction of sp³-hybridized carbons (Fsp3) is 0.409. The van der Waals surface area contributed by atoms with Crippen LogP contribution in [0.25, 0.3) is 0 Å². The van der Waals surface area contributed by atoms with E-state index in [4.69, 9.17) is 9.47 Å². The summed E-state index contributed by atoms with van der Waals surface area (Å²) in [6, 6.07) is 12.3. The van der Waals surface area contributed by atoms with Crippen LogP contribution < -0.4 is 20.1 Å². The van der Waals surface area contributed by atoms with E-state index in [0.29, 0.717) is 5.75 Å². The first-order valence-corrected chi connectivity index (χ1v) is 9.74. The zero-order chi connectivity index (χ0) is 20.8. The van der Waals surface area contributed by atoms with E-state index in [1.165, 1.54) is 19.2 Å². The van der Waals surface area contributed by atoms with E-state index in [0.717, 1.165) is 43.0 Å². The molecule has 30 heavy (non-hydrogen) atoms. The molecule has 1 N–H and O–H groups in total. The average molecular weight is 426 g/mol. The molecule has 2 atom stereocenters. The minimum absolute atomic E-state index is 0. The van der Waals surface area contributed by atoms with E-state index in [1.807, 2.05) is 31.2 Å². The van der Waals surface area contributed by atoms with Crippen molar-refractivity contribution in [2.75, 3.05) is 37.0 Å². The van der Waals surface area contributed by atoms with Crippen LogP contribution in [0.15, 0.2) is 42.5 Å². The number of halogens is 1. The van der Waals surface area contributed by atoms with Crippen molar-refractivity contribution in [3.63, 3.8) is 0 Å². The third-order valence-electron chi connectivity index (χ3n) is 4.92. The van der Waals surface area contributed by atoms with Gasteiger partial charge in [0.05, 0.1) is 18.2 Å². The van der Waals surface area contributed by atoms with Crippen LogP contribution in [0.1, 0.15) is 18.9 Å². The number of nitrogens with zero attached hydrogens (tertiary/aromatic N) is 1. The number of rotatable bonds is 9. The second kappa shape index (κ2) is 11.4. The minimum Gasteiger partial charge on any atom is -0.547 e. The summed E-state index contributed by atoms with van der Waals surface area (Å²) in [6.07, 6.45) is 0.249. The zero-order valence-electron chi connectivity index (χ0n) is 17.4. The fourth-order valence-electron chi connectivity index (χ4n) is 3.46. The van der Waals surface area contributed by atoms with Crippen LogP contribution in [-0.2, 0) is 16.0 Å². The number of anilines is 2. The third kappa shape index (κ3) is 6.48. The van der Waals surface area contributed by atoms with Gasteiger partial charge in [0.1, 0.15) is 23.8 Å². The van der Waals surface area contributed by atoms with Gasteiger partial charge >= 0.3 is 23.1 Å². The molecular weight excluding hydrogens is 400 g/mol. The summed E-state index contributed by atoms with van der Waals surface area (Å²) >= 11 is 0. The Kier molecular flexibility index (Phi) is 9.20. The summed E-state index contributed by atoms with van der Waals surface area (Å²) < 4.78 is 24.1. The molecule has 1 unspecified atom stereocenters. The Morgan fingerprint density at radius 1 is 1.33 bits per heavy atom. The van der Waals surface area contributed by atoms with Gasteiger partial charge in [-0.1, -0.05) is 12.1 Å². The molecular formula is C22H26FMgN2O4+. The zero-order valence-corrected chi connectivity index (χ0v) is 18.8. The number of fused-ring (bicyclic) bond motifs is 1. The first kappa shape index (κ1) is 24.2. The van der Waals surface area contributed by atoms with Crippen LogP contribution in [0.5, 0.6) is 5.75 Å². The van der Waals surface area contributed by atoms with Crippen LogP contribution in [0.4, 0.5) is 15.8 Å². The number of ether oxygens (including phenoxy) is 2. The standard InChI is InChI=1S/C22H27FN2O4.Mg/c1-15-14-25(19-9-6-17(23)13-20(19)29-15)11-3-10-24-18-7-4-16(5-8-18)12-21(28-2)22(26)27;/h4-9,13,15,21,24H,3,10-12,14H2,1-2H3,(H,26,27);/q;+2/p-1/t15?,21-;/m0./s1. The van der Waals surface area contributed by atoms with Crippen molar-refractivity contribution in [3.8, 4) is 5.75 Å². The number of benzene rings is 2. The molecule has 0 radical (unpaired) electrons. The van der Waals surface area contributed by atoms with Crippen LogP contribution in [0.2, 0.25) is 0 Å². The molecule has 0 bridgehead atoms. The van der Waals surface area contributed by atoms with Gasteiger partial charge in [0.25, 0.3) is 0 Å². The number of carboxylic acids is 1. The quantitative estimate of drug-likeness (QED) is 0.488. The number of hydrogen-bond donors (Lipinski definition) is 1. The monoisotopic (exact) mass is 425 g/mol. The first-order valence-electron chi connectivity index (χ1n) is 9.74. The van der Waals surface area contributed by atoms with Crippen molar-refractivity contribution in [3.05, 3.63) is 53.8 Å². The number of carboxylic acid groups (broad SMARTS) is 1. The van der Waals surface area contributed by atoms with Crippen molar-refractivity contribution in [2.45, 2.75) is 32.0 Å². The molecule has 0 aromatic heterocycles. The number of aliphatic carboxylic acids is 1. The number of carbonyl (C=O) groups is 1. The van der Waals surface area contributed by atoms with Crippen LogP contribution >= 0.6 is 0 Å². The van der Waals surface area contributed by atoms with Crippen molar-refractivity contribution in [1.82, 2.24) is 0 Å². The largest absolute Gasteiger partial charge is 2.00 e. The summed E-state index contributed by atoms with van der Waals surface area (Å²) in [7, 11) is 1.36. The summed E-state index contributed by atoms with van der Waals surface area (Å²) in [6.45, 7) is 4.36. The molecule has 0 saturated carbocycles. The van der Waals surface area contributed by atoms with Gasteiger partial charge in [-0.05, 0) is 43.2 Å². The molecule has 2 aromatic rings. The van der Waals surface area contributed by atoms with Crippen LogP contribution in [0.3, 0.4) is 0 Å². The van der Waals surface area contributed by atoms with Gasteiger partial charge in [0.15, 0.2) is 0 Å². The molecule has 0 spiro atoms. The van der Waals surface area contributed by atoms with Gasteiger partial charge in [-0.25, -0.2) is 4.39 Å². The molecule has 1 aliphatic heterocycles. The maximum atomic E-state index is 13.5. The van der Waals surface area contributed by atoms with Crippen molar-refractivity contribution >= 4 is 40.4 Å². The van der Waals surface area contributed by atoms with E-state index in [2.05, 4.69) is 10.2 Å². The Morgan fingerprint density at radius 2 is 2.07 bits per heavy atom. The van der Waals surface area contributed by atoms with Crippen molar-refractivity contribution in [1.29, 1.82) is 0 Å². The molecule has 0 fully saturated rings. The van der Waals surface area contributed by atoms with Crippen LogP contribution in [0, 0.1) is 5.82 Å². The molecule has 0 saturated heterocycles. The Labute approximate surface area is 192 Å². The molecule has 0 amide bonds. The smallest absolute Gasteiger partial charge is 0.547 e. The normalized spacial score (nSPS) is 16.1. The van der Waals surface area contributed by atoms with Gasteiger partial charge in [0.2, 0.25) is 0 Å². The second-order valence-corrected chi connectivity index (χ2v) is 7.21.